The van der Waals surface area contributed by atoms with Crippen LogP contribution in [0.2, 0.25) is 0 Å². The van der Waals surface area contributed by atoms with Crippen LogP contribution in [0.1, 0.15) is 44.9 Å². The van der Waals surface area contributed by atoms with E-state index in [9.17, 15) is 18.0 Å². The number of hydrogen-bond donors (Lipinski definition) is 1. The summed E-state index contributed by atoms with van der Waals surface area (Å²) in [6.45, 7) is -0.0545. The number of carbonyl (C=O) groups excluding carboxylic acids is 1. The molecule has 1 amide bonds. The van der Waals surface area contributed by atoms with Crippen LogP contribution in [0.4, 0.5) is 0 Å². The fourth-order valence-electron chi connectivity index (χ4n) is 3.66. The Bertz CT molecular complexity index is 575. The minimum absolute atomic E-state index is 0.0559. The lowest BCUT2D eigenvalue weighted by Crippen LogP contribution is -2.62. The first-order valence-corrected chi connectivity index (χ1v) is 9.91. The summed E-state index contributed by atoms with van der Waals surface area (Å²) in [7, 11) is -3.65. The molecule has 3 aliphatic rings. The summed E-state index contributed by atoms with van der Waals surface area (Å²) in [5.41, 5.74) is 0. The SMILES string of the molecule is O=C(O)CN(C1CCC1)S(=O)(=O)C1CN(C(=O)C2CCCC2)C1. The van der Waals surface area contributed by atoms with Crippen molar-refractivity contribution in [2.24, 2.45) is 5.92 Å². The molecule has 3 rings (SSSR count). The molecule has 7 nitrogen and oxygen atoms in total. The summed E-state index contributed by atoms with van der Waals surface area (Å²) < 4.78 is 26.5. The molecule has 23 heavy (non-hydrogen) atoms. The molecule has 2 saturated carbocycles. The van der Waals surface area contributed by atoms with Crippen molar-refractivity contribution in [2.75, 3.05) is 19.6 Å². The molecule has 130 valence electrons. The molecule has 8 heteroatoms. The molecule has 3 fully saturated rings. The van der Waals surface area contributed by atoms with E-state index in [1.807, 2.05) is 0 Å². The molecule has 0 aromatic heterocycles. The predicted molar refractivity (Wildman–Crippen MR) is 83.2 cm³/mol. The van der Waals surface area contributed by atoms with E-state index >= 15 is 0 Å². The van der Waals surface area contributed by atoms with E-state index in [1.165, 1.54) is 0 Å². The number of sulfonamides is 1. The van der Waals surface area contributed by atoms with E-state index in [-0.39, 0.29) is 31.0 Å². The third-order valence-electron chi connectivity index (χ3n) is 5.39. The molecule has 0 aromatic rings. The van der Waals surface area contributed by atoms with Gasteiger partial charge in [-0.25, -0.2) is 8.42 Å². The minimum atomic E-state index is -3.65. The Labute approximate surface area is 136 Å². The first kappa shape index (κ1) is 16.7. The quantitative estimate of drug-likeness (QED) is 0.763. The smallest absolute Gasteiger partial charge is 0.318 e. The van der Waals surface area contributed by atoms with Gasteiger partial charge in [-0.2, -0.15) is 4.31 Å². The van der Waals surface area contributed by atoms with Crippen molar-refractivity contribution in [3.63, 3.8) is 0 Å². The third-order valence-corrected chi connectivity index (χ3v) is 7.61. The predicted octanol–water partition coefficient (Wildman–Crippen LogP) is 0.656. The highest BCUT2D eigenvalue weighted by Gasteiger charge is 2.47. The van der Waals surface area contributed by atoms with Gasteiger partial charge in [-0.3, -0.25) is 9.59 Å². The molecule has 0 radical (unpaired) electrons. The average Bonchev–Trinajstić information content (AvgIpc) is 2.86. The van der Waals surface area contributed by atoms with Crippen LogP contribution < -0.4 is 0 Å². The van der Waals surface area contributed by atoms with Gasteiger partial charge in [0.15, 0.2) is 0 Å². The van der Waals surface area contributed by atoms with Crippen LogP contribution in [0.15, 0.2) is 0 Å². The molecule has 2 aliphatic carbocycles. The number of amides is 1. The number of nitrogens with zero attached hydrogens (tertiary/aromatic N) is 2. The van der Waals surface area contributed by atoms with E-state index in [0.29, 0.717) is 0 Å². The number of likely N-dealkylation sites (tertiary alicyclic amines) is 1. The lowest BCUT2D eigenvalue weighted by atomic mass is 9.93. The second-order valence-corrected chi connectivity index (χ2v) is 9.08. The first-order valence-electron chi connectivity index (χ1n) is 8.41. The Hall–Kier alpha value is -1.15. The monoisotopic (exact) mass is 344 g/mol. The van der Waals surface area contributed by atoms with E-state index in [1.54, 1.807) is 4.90 Å². The van der Waals surface area contributed by atoms with Gasteiger partial charge in [0.25, 0.3) is 0 Å². The Balaban J connectivity index is 1.61. The summed E-state index contributed by atoms with van der Waals surface area (Å²) >= 11 is 0. The zero-order valence-electron chi connectivity index (χ0n) is 13.2. The minimum Gasteiger partial charge on any atom is -0.480 e. The molecule has 1 aliphatic heterocycles. The fraction of sp³-hybridized carbons (Fsp3) is 0.867. The summed E-state index contributed by atoms with van der Waals surface area (Å²) in [6, 6.07) is -0.185. The number of aliphatic carboxylic acids is 1. The molecular formula is C15H24N2O5S. The highest BCUT2D eigenvalue weighted by atomic mass is 32.2. The first-order chi connectivity index (χ1) is 10.9. The van der Waals surface area contributed by atoms with Crippen LogP contribution in [0.25, 0.3) is 0 Å². The molecule has 0 unspecified atom stereocenters. The van der Waals surface area contributed by atoms with Crippen molar-refractivity contribution >= 4 is 21.9 Å². The van der Waals surface area contributed by atoms with Gasteiger partial charge >= 0.3 is 5.97 Å². The van der Waals surface area contributed by atoms with Crippen LogP contribution in [-0.2, 0) is 19.6 Å². The molecule has 0 bridgehead atoms. The van der Waals surface area contributed by atoms with Crippen molar-refractivity contribution < 1.29 is 23.1 Å². The number of carboxylic acids is 1. The molecule has 0 spiro atoms. The van der Waals surface area contributed by atoms with E-state index < -0.39 is 27.8 Å². The summed E-state index contributed by atoms with van der Waals surface area (Å²) in [5.74, 6) is -0.999. The zero-order valence-corrected chi connectivity index (χ0v) is 14.0. The Morgan fingerprint density at radius 1 is 1.04 bits per heavy atom. The molecular weight excluding hydrogens is 320 g/mol. The Morgan fingerprint density at radius 2 is 1.65 bits per heavy atom. The van der Waals surface area contributed by atoms with Crippen molar-refractivity contribution in [1.82, 2.24) is 9.21 Å². The van der Waals surface area contributed by atoms with E-state index in [0.717, 1.165) is 49.3 Å². The fourth-order valence-corrected chi connectivity index (χ4v) is 5.70. The van der Waals surface area contributed by atoms with Gasteiger partial charge in [0.05, 0.1) is 0 Å². The van der Waals surface area contributed by atoms with E-state index in [2.05, 4.69) is 0 Å². The maximum Gasteiger partial charge on any atom is 0.318 e. The van der Waals surface area contributed by atoms with Crippen LogP contribution in [0, 0.1) is 5.92 Å². The molecule has 0 aromatic carbocycles. The number of carbonyl (C=O) groups is 2. The number of rotatable bonds is 6. The maximum absolute atomic E-state index is 12.7. The molecule has 1 saturated heterocycles. The second kappa shape index (κ2) is 6.39. The zero-order chi connectivity index (χ0) is 16.6. The topological polar surface area (TPSA) is 95.0 Å². The second-order valence-electron chi connectivity index (χ2n) is 6.92. The number of hydrogen-bond acceptors (Lipinski definition) is 4. The Kier molecular flexibility index (Phi) is 4.64. The summed E-state index contributed by atoms with van der Waals surface area (Å²) in [6.07, 6.45) is 6.33. The normalized spacial score (nSPS) is 23.8. The van der Waals surface area contributed by atoms with Gasteiger partial charge in [0, 0.05) is 25.0 Å². The van der Waals surface area contributed by atoms with Crippen LogP contribution in [0.5, 0.6) is 0 Å². The molecule has 0 atom stereocenters. The third kappa shape index (κ3) is 3.24. The summed E-state index contributed by atoms with van der Waals surface area (Å²) in [4.78, 5) is 24.9. The van der Waals surface area contributed by atoms with Gasteiger partial charge in [0.1, 0.15) is 11.8 Å². The average molecular weight is 344 g/mol. The summed E-state index contributed by atoms with van der Waals surface area (Å²) in [5, 5.41) is 8.36. The highest BCUT2D eigenvalue weighted by molar-refractivity contribution is 7.89. The van der Waals surface area contributed by atoms with Crippen molar-refractivity contribution in [1.29, 1.82) is 0 Å². The van der Waals surface area contributed by atoms with Crippen LogP contribution >= 0.6 is 0 Å². The molecule has 1 heterocycles. The lowest BCUT2D eigenvalue weighted by molar-refractivity contribution is -0.139. The van der Waals surface area contributed by atoms with E-state index in [4.69, 9.17) is 5.11 Å². The van der Waals surface area contributed by atoms with Gasteiger partial charge < -0.3 is 10.0 Å². The van der Waals surface area contributed by atoms with Crippen LogP contribution in [0.3, 0.4) is 0 Å². The largest absolute Gasteiger partial charge is 0.480 e. The van der Waals surface area contributed by atoms with Gasteiger partial charge in [0.2, 0.25) is 15.9 Å². The molecule has 1 N–H and O–H groups in total. The maximum atomic E-state index is 12.7. The van der Waals surface area contributed by atoms with Crippen molar-refractivity contribution in [3.05, 3.63) is 0 Å². The van der Waals surface area contributed by atoms with Crippen molar-refractivity contribution in [2.45, 2.75) is 56.2 Å². The highest BCUT2D eigenvalue weighted by Crippen LogP contribution is 2.33. The van der Waals surface area contributed by atoms with Crippen LogP contribution in [-0.4, -0.2) is 65.5 Å². The van der Waals surface area contributed by atoms with Gasteiger partial charge in [-0.05, 0) is 25.7 Å². The standard InChI is InChI=1S/C15H24N2O5S/c18-14(19)10-17(12-6-3-7-12)23(21,22)13-8-16(9-13)15(20)11-4-1-2-5-11/h11-13H,1-10H2,(H,18,19). The van der Waals surface area contributed by atoms with Gasteiger partial charge in [-0.15, -0.1) is 0 Å². The van der Waals surface area contributed by atoms with Gasteiger partial charge in [-0.1, -0.05) is 19.3 Å². The van der Waals surface area contributed by atoms with Crippen molar-refractivity contribution in [3.8, 4) is 0 Å². The Morgan fingerprint density at radius 3 is 2.13 bits per heavy atom. The number of carboxylic acid groups (broad SMARTS) is 1. The lowest BCUT2D eigenvalue weighted by Gasteiger charge is -2.44.